The van der Waals surface area contributed by atoms with Gasteiger partial charge in [0.05, 0.1) is 5.41 Å². The van der Waals surface area contributed by atoms with E-state index in [4.69, 9.17) is 0 Å². The summed E-state index contributed by atoms with van der Waals surface area (Å²) in [7, 11) is 0. The van der Waals surface area contributed by atoms with Crippen molar-refractivity contribution in [2.45, 2.75) is 25.7 Å². The molecule has 3 nitrogen and oxygen atoms in total. The Balaban J connectivity index is 1.54. The summed E-state index contributed by atoms with van der Waals surface area (Å²) < 4.78 is 0. The van der Waals surface area contributed by atoms with Crippen molar-refractivity contribution < 1.29 is 9.90 Å². The van der Waals surface area contributed by atoms with Gasteiger partial charge in [-0.3, -0.25) is 4.79 Å². The van der Waals surface area contributed by atoms with Gasteiger partial charge in [-0.2, -0.15) is 0 Å². The normalized spacial score (nSPS) is 34.4. The van der Waals surface area contributed by atoms with Gasteiger partial charge in [0.1, 0.15) is 0 Å². The Morgan fingerprint density at radius 2 is 2.16 bits per heavy atom. The highest BCUT2D eigenvalue weighted by atomic mass is 16.4. The molecule has 3 atom stereocenters. The van der Waals surface area contributed by atoms with Gasteiger partial charge in [0.2, 0.25) is 0 Å². The average Bonchev–Trinajstić information content (AvgIpc) is 3.06. The fourth-order valence-electron chi connectivity index (χ4n) is 3.28. The SMILES string of the molecule is CC1(C(=O)O)CCN(C[C@@H]2C[C@H]2c2ccccc2)C1. The number of hydrogen-bond acceptors (Lipinski definition) is 2. The number of carbonyl (C=O) groups is 1. The highest BCUT2D eigenvalue weighted by molar-refractivity contribution is 5.74. The van der Waals surface area contributed by atoms with E-state index in [1.807, 2.05) is 6.92 Å². The Kier molecular flexibility index (Phi) is 3.09. The predicted octanol–water partition coefficient (Wildman–Crippen LogP) is 2.59. The molecule has 0 amide bonds. The quantitative estimate of drug-likeness (QED) is 0.903. The molecule has 1 aromatic rings. The number of nitrogens with zero attached hydrogens (tertiary/aromatic N) is 1. The second-order valence-electron chi connectivity index (χ2n) is 6.36. The van der Waals surface area contributed by atoms with E-state index >= 15 is 0 Å². The van der Waals surface area contributed by atoms with Crippen LogP contribution in [0.3, 0.4) is 0 Å². The zero-order chi connectivity index (χ0) is 13.5. The van der Waals surface area contributed by atoms with Crippen molar-refractivity contribution in [3.8, 4) is 0 Å². The summed E-state index contributed by atoms with van der Waals surface area (Å²) in [6, 6.07) is 10.7. The third kappa shape index (κ3) is 2.52. The molecule has 1 aromatic carbocycles. The van der Waals surface area contributed by atoms with E-state index in [0.717, 1.165) is 25.4 Å². The molecule has 19 heavy (non-hydrogen) atoms. The second kappa shape index (κ2) is 4.64. The molecule has 2 aliphatic rings. The Morgan fingerprint density at radius 3 is 2.79 bits per heavy atom. The molecular formula is C16H21NO2. The summed E-state index contributed by atoms with van der Waals surface area (Å²) in [6.07, 6.45) is 2.04. The molecular weight excluding hydrogens is 238 g/mol. The summed E-state index contributed by atoms with van der Waals surface area (Å²) in [5.41, 5.74) is 0.907. The number of aliphatic carboxylic acids is 1. The first-order chi connectivity index (χ1) is 9.08. The van der Waals surface area contributed by atoms with Crippen LogP contribution in [0, 0.1) is 11.3 Å². The maximum Gasteiger partial charge on any atom is 0.310 e. The molecule has 0 spiro atoms. The van der Waals surface area contributed by atoms with Crippen molar-refractivity contribution >= 4 is 5.97 Å². The van der Waals surface area contributed by atoms with Gasteiger partial charge < -0.3 is 10.0 Å². The molecule has 1 heterocycles. The van der Waals surface area contributed by atoms with E-state index in [-0.39, 0.29) is 0 Å². The number of hydrogen-bond donors (Lipinski definition) is 1. The molecule has 1 unspecified atom stereocenters. The summed E-state index contributed by atoms with van der Waals surface area (Å²) >= 11 is 0. The van der Waals surface area contributed by atoms with Crippen LogP contribution in [-0.2, 0) is 4.79 Å². The number of benzene rings is 1. The molecule has 1 aliphatic heterocycles. The van der Waals surface area contributed by atoms with Crippen molar-refractivity contribution in [1.29, 1.82) is 0 Å². The monoisotopic (exact) mass is 259 g/mol. The van der Waals surface area contributed by atoms with Gasteiger partial charge in [0.25, 0.3) is 0 Å². The molecule has 0 aromatic heterocycles. The van der Waals surface area contributed by atoms with Crippen molar-refractivity contribution in [2.75, 3.05) is 19.6 Å². The third-order valence-electron chi connectivity index (χ3n) is 4.71. The Labute approximate surface area is 114 Å². The van der Waals surface area contributed by atoms with Gasteiger partial charge >= 0.3 is 5.97 Å². The van der Waals surface area contributed by atoms with Gasteiger partial charge in [0, 0.05) is 13.1 Å². The van der Waals surface area contributed by atoms with Crippen LogP contribution in [0.2, 0.25) is 0 Å². The first-order valence-electron chi connectivity index (χ1n) is 7.09. The van der Waals surface area contributed by atoms with Crippen LogP contribution < -0.4 is 0 Å². The standard InChI is InChI=1S/C16H21NO2/c1-16(15(18)19)7-8-17(11-16)10-13-9-14(13)12-5-3-2-4-6-12/h2-6,13-14H,7-11H2,1H3,(H,18,19)/t13-,14-,16?/m0/s1. The maximum atomic E-state index is 11.2. The number of rotatable bonds is 4. The topological polar surface area (TPSA) is 40.5 Å². The maximum absolute atomic E-state index is 11.2. The Morgan fingerprint density at radius 1 is 1.42 bits per heavy atom. The molecule has 2 fully saturated rings. The molecule has 0 bridgehead atoms. The van der Waals surface area contributed by atoms with Crippen LogP contribution in [0.1, 0.15) is 31.2 Å². The number of likely N-dealkylation sites (tertiary alicyclic amines) is 1. The van der Waals surface area contributed by atoms with Crippen LogP contribution in [0.4, 0.5) is 0 Å². The zero-order valence-electron chi connectivity index (χ0n) is 11.4. The minimum Gasteiger partial charge on any atom is -0.481 e. The van der Waals surface area contributed by atoms with E-state index in [1.54, 1.807) is 0 Å². The minimum atomic E-state index is -0.648. The predicted molar refractivity (Wildman–Crippen MR) is 74.1 cm³/mol. The lowest BCUT2D eigenvalue weighted by Gasteiger charge is -2.20. The fourth-order valence-corrected chi connectivity index (χ4v) is 3.28. The van der Waals surface area contributed by atoms with E-state index in [2.05, 4.69) is 35.2 Å². The highest BCUT2D eigenvalue weighted by Crippen LogP contribution is 2.48. The molecule has 1 saturated carbocycles. The van der Waals surface area contributed by atoms with Gasteiger partial charge in [-0.05, 0) is 43.7 Å². The van der Waals surface area contributed by atoms with E-state index in [1.165, 1.54) is 12.0 Å². The molecule has 0 radical (unpaired) electrons. The first-order valence-corrected chi connectivity index (χ1v) is 7.09. The smallest absolute Gasteiger partial charge is 0.310 e. The van der Waals surface area contributed by atoms with Gasteiger partial charge in [-0.15, -0.1) is 0 Å². The van der Waals surface area contributed by atoms with E-state index < -0.39 is 11.4 Å². The average molecular weight is 259 g/mol. The summed E-state index contributed by atoms with van der Waals surface area (Å²) in [5.74, 6) is 0.766. The van der Waals surface area contributed by atoms with Gasteiger partial charge in [0.15, 0.2) is 0 Å². The van der Waals surface area contributed by atoms with Gasteiger partial charge in [-0.25, -0.2) is 0 Å². The summed E-state index contributed by atoms with van der Waals surface area (Å²) in [5, 5.41) is 9.24. The van der Waals surface area contributed by atoms with Crippen molar-refractivity contribution in [1.82, 2.24) is 4.90 Å². The van der Waals surface area contributed by atoms with Crippen LogP contribution in [0.15, 0.2) is 30.3 Å². The minimum absolute atomic E-state index is 0.531. The lowest BCUT2D eigenvalue weighted by molar-refractivity contribution is -0.147. The zero-order valence-corrected chi connectivity index (χ0v) is 11.4. The largest absolute Gasteiger partial charge is 0.481 e. The summed E-state index contributed by atoms with van der Waals surface area (Å²) in [6.45, 7) is 4.57. The lowest BCUT2D eigenvalue weighted by atomic mass is 9.90. The van der Waals surface area contributed by atoms with Gasteiger partial charge in [-0.1, -0.05) is 30.3 Å². The molecule has 1 N–H and O–H groups in total. The van der Waals surface area contributed by atoms with Crippen molar-refractivity contribution in [3.63, 3.8) is 0 Å². The fraction of sp³-hybridized carbons (Fsp3) is 0.562. The molecule has 1 aliphatic carbocycles. The van der Waals surface area contributed by atoms with Crippen LogP contribution in [-0.4, -0.2) is 35.6 Å². The van der Waals surface area contributed by atoms with Crippen molar-refractivity contribution in [2.24, 2.45) is 11.3 Å². The van der Waals surface area contributed by atoms with Crippen LogP contribution in [0.25, 0.3) is 0 Å². The Bertz CT molecular complexity index is 473. The lowest BCUT2D eigenvalue weighted by Crippen LogP contribution is -2.32. The van der Waals surface area contributed by atoms with E-state index in [0.29, 0.717) is 12.5 Å². The van der Waals surface area contributed by atoms with E-state index in [9.17, 15) is 9.90 Å². The van der Waals surface area contributed by atoms with Crippen molar-refractivity contribution in [3.05, 3.63) is 35.9 Å². The second-order valence-corrected chi connectivity index (χ2v) is 6.36. The molecule has 1 saturated heterocycles. The highest BCUT2D eigenvalue weighted by Gasteiger charge is 2.44. The number of carboxylic acids is 1. The molecule has 3 rings (SSSR count). The first kappa shape index (κ1) is 12.7. The Hall–Kier alpha value is -1.35. The number of carboxylic acid groups (broad SMARTS) is 1. The third-order valence-corrected chi connectivity index (χ3v) is 4.71. The molecule has 3 heteroatoms. The van der Waals surface area contributed by atoms with Crippen LogP contribution >= 0.6 is 0 Å². The van der Waals surface area contributed by atoms with Crippen LogP contribution in [0.5, 0.6) is 0 Å². The summed E-state index contributed by atoms with van der Waals surface area (Å²) in [4.78, 5) is 13.6. The molecule has 102 valence electrons.